The Balaban J connectivity index is 1.64. The van der Waals surface area contributed by atoms with E-state index in [4.69, 9.17) is 4.74 Å². The van der Waals surface area contributed by atoms with Gasteiger partial charge in [-0.15, -0.1) is 0 Å². The molecule has 0 unspecified atom stereocenters. The Kier molecular flexibility index (Phi) is 4.31. The lowest BCUT2D eigenvalue weighted by atomic mass is 10.1. The summed E-state index contributed by atoms with van der Waals surface area (Å²) < 4.78 is 34.1. The van der Waals surface area contributed by atoms with Crippen molar-refractivity contribution < 1.29 is 13.2 Å². The van der Waals surface area contributed by atoms with Crippen molar-refractivity contribution in [1.29, 1.82) is 0 Å². The lowest BCUT2D eigenvalue weighted by Crippen LogP contribution is -2.41. The Bertz CT molecular complexity index is 747. The van der Waals surface area contributed by atoms with Crippen molar-refractivity contribution in [1.82, 2.24) is 23.8 Å². The summed E-state index contributed by atoms with van der Waals surface area (Å²) in [5.74, 6) is 1.19. The average Bonchev–Trinajstić information content (AvgIpc) is 2.89. The van der Waals surface area contributed by atoms with Crippen LogP contribution in [0, 0.1) is 6.92 Å². The molecule has 3 heterocycles. The van der Waals surface area contributed by atoms with Gasteiger partial charge in [0.15, 0.2) is 5.03 Å². The predicted octanol–water partition coefficient (Wildman–Crippen LogP) is 0.751. The van der Waals surface area contributed by atoms with E-state index in [1.807, 2.05) is 0 Å². The molecular weight excluding hydrogens is 318 g/mol. The zero-order valence-corrected chi connectivity index (χ0v) is 13.9. The lowest BCUT2D eigenvalue weighted by Gasteiger charge is -2.30. The van der Waals surface area contributed by atoms with Gasteiger partial charge >= 0.3 is 0 Å². The summed E-state index contributed by atoms with van der Waals surface area (Å²) in [5.41, 5.74) is 0. The van der Waals surface area contributed by atoms with E-state index in [-0.39, 0.29) is 11.1 Å². The Morgan fingerprint density at radius 2 is 2.04 bits per heavy atom. The molecule has 0 N–H and O–H groups in total. The largest absolute Gasteiger partial charge is 0.474 e. The van der Waals surface area contributed by atoms with Crippen molar-refractivity contribution in [3.05, 3.63) is 30.6 Å². The van der Waals surface area contributed by atoms with Crippen LogP contribution in [0.1, 0.15) is 18.7 Å². The highest BCUT2D eigenvalue weighted by Gasteiger charge is 2.32. The first-order valence-electron chi connectivity index (χ1n) is 7.39. The van der Waals surface area contributed by atoms with E-state index in [1.54, 1.807) is 37.0 Å². The van der Waals surface area contributed by atoms with Gasteiger partial charge in [0.05, 0.1) is 0 Å². The third-order valence-electron chi connectivity index (χ3n) is 3.93. The third-order valence-corrected chi connectivity index (χ3v) is 5.70. The first kappa shape index (κ1) is 15.9. The molecule has 0 saturated carbocycles. The first-order chi connectivity index (χ1) is 11.0. The van der Waals surface area contributed by atoms with Crippen molar-refractivity contribution in [3.8, 4) is 5.88 Å². The molecular formula is C14H19N5O3S. The van der Waals surface area contributed by atoms with E-state index in [0.717, 1.165) is 0 Å². The van der Waals surface area contributed by atoms with Crippen molar-refractivity contribution >= 4 is 10.0 Å². The topological polar surface area (TPSA) is 90.2 Å². The van der Waals surface area contributed by atoms with Gasteiger partial charge < -0.3 is 9.30 Å². The van der Waals surface area contributed by atoms with Gasteiger partial charge in [-0.3, -0.25) is 0 Å². The fraction of sp³-hybridized carbons (Fsp3) is 0.500. The monoisotopic (exact) mass is 337 g/mol. The van der Waals surface area contributed by atoms with E-state index in [9.17, 15) is 8.42 Å². The predicted molar refractivity (Wildman–Crippen MR) is 82.4 cm³/mol. The Morgan fingerprint density at radius 1 is 1.30 bits per heavy atom. The number of rotatable bonds is 4. The van der Waals surface area contributed by atoms with Crippen LogP contribution >= 0.6 is 0 Å². The molecule has 0 spiro atoms. The van der Waals surface area contributed by atoms with Crippen molar-refractivity contribution in [2.45, 2.75) is 30.9 Å². The first-order valence-corrected chi connectivity index (χ1v) is 8.83. The van der Waals surface area contributed by atoms with Crippen LogP contribution < -0.4 is 4.74 Å². The molecule has 0 aliphatic carbocycles. The second-order valence-corrected chi connectivity index (χ2v) is 7.39. The molecule has 0 bridgehead atoms. The van der Waals surface area contributed by atoms with Crippen LogP contribution in [-0.4, -0.2) is 51.4 Å². The SMILES string of the molecule is Cc1nc(S(=O)(=O)N2CCC(Oc3ccncn3)CC2)cn1C. The molecule has 23 heavy (non-hydrogen) atoms. The maximum atomic E-state index is 12.6. The van der Waals surface area contributed by atoms with Gasteiger partial charge in [0, 0.05) is 38.6 Å². The quantitative estimate of drug-likeness (QED) is 0.818. The maximum Gasteiger partial charge on any atom is 0.262 e. The maximum absolute atomic E-state index is 12.6. The van der Waals surface area contributed by atoms with E-state index in [0.29, 0.717) is 37.6 Å². The number of imidazole rings is 1. The zero-order chi connectivity index (χ0) is 16.4. The fourth-order valence-electron chi connectivity index (χ4n) is 2.49. The highest BCUT2D eigenvalue weighted by molar-refractivity contribution is 7.89. The van der Waals surface area contributed by atoms with Gasteiger partial charge in [-0.25, -0.2) is 23.4 Å². The molecule has 1 saturated heterocycles. The van der Waals surface area contributed by atoms with Crippen LogP contribution in [0.4, 0.5) is 0 Å². The number of nitrogens with zero attached hydrogens (tertiary/aromatic N) is 5. The molecule has 2 aromatic heterocycles. The molecule has 0 aromatic carbocycles. The number of aryl methyl sites for hydroxylation is 2. The third kappa shape index (κ3) is 3.35. The van der Waals surface area contributed by atoms with E-state index >= 15 is 0 Å². The summed E-state index contributed by atoms with van der Waals surface area (Å²) in [5, 5.41) is 0.104. The highest BCUT2D eigenvalue weighted by atomic mass is 32.2. The van der Waals surface area contributed by atoms with E-state index in [1.165, 1.54) is 10.6 Å². The number of aromatic nitrogens is 4. The molecule has 124 valence electrons. The standard InChI is InChI=1S/C14H19N5O3S/c1-11-17-14(9-18(11)2)23(20,21)19-7-4-12(5-8-19)22-13-3-6-15-10-16-13/h3,6,9-10,12H,4-5,7-8H2,1-2H3. The summed E-state index contributed by atoms with van der Waals surface area (Å²) in [7, 11) is -1.76. The Hall–Kier alpha value is -2.00. The van der Waals surface area contributed by atoms with Crippen LogP contribution in [0.15, 0.2) is 29.8 Å². The molecule has 8 nitrogen and oxygen atoms in total. The van der Waals surface area contributed by atoms with Crippen LogP contribution in [0.5, 0.6) is 5.88 Å². The smallest absolute Gasteiger partial charge is 0.262 e. The van der Waals surface area contributed by atoms with Crippen LogP contribution in [0.3, 0.4) is 0 Å². The van der Waals surface area contributed by atoms with Crippen LogP contribution in [-0.2, 0) is 17.1 Å². The Labute approximate surface area is 135 Å². The molecule has 0 radical (unpaired) electrons. The van der Waals surface area contributed by atoms with Crippen LogP contribution in [0.2, 0.25) is 0 Å². The lowest BCUT2D eigenvalue weighted by molar-refractivity contribution is 0.129. The van der Waals surface area contributed by atoms with E-state index in [2.05, 4.69) is 15.0 Å². The summed E-state index contributed by atoms with van der Waals surface area (Å²) in [4.78, 5) is 12.0. The van der Waals surface area contributed by atoms with Gasteiger partial charge in [0.2, 0.25) is 5.88 Å². The van der Waals surface area contributed by atoms with Gasteiger partial charge in [0.25, 0.3) is 10.0 Å². The molecule has 3 rings (SSSR count). The molecule has 1 fully saturated rings. The summed E-state index contributed by atoms with van der Waals surface area (Å²) in [6.07, 6.45) is 5.80. The zero-order valence-electron chi connectivity index (χ0n) is 13.1. The average molecular weight is 337 g/mol. The second kappa shape index (κ2) is 6.25. The summed E-state index contributed by atoms with van der Waals surface area (Å²) >= 11 is 0. The number of hydrogen-bond acceptors (Lipinski definition) is 6. The molecule has 1 aliphatic rings. The minimum absolute atomic E-state index is 0.0400. The summed E-state index contributed by atoms with van der Waals surface area (Å²) in [6.45, 7) is 2.60. The van der Waals surface area contributed by atoms with E-state index < -0.39 is 10.0 Å². The number of hydrogen-bond donors (Lipinski definition) is 0. The molecule has 0 atom stereocenters. The number of ether oxygens (including phenoxy) is 1. The fourth-order valence-corrected chi connectivity index (χ4v) is 3.99. The van der Waals surface area contributed by atoms with Crippen molar-refractivity contribution in [2.75, 3.05) is 13.1 Å². The van der Waals surface area contributed by atoms with Gasteiger partial charge in [-0.2, -0.15) is 4.31 Å². The van der Waals surface area contributed by atoms with Crippen molar-refractivity contribution in [2.24, 2.45) is 7.05 Å². The number of sulfonamides is 1. The van der Waals surface area contributed by atoms with Gasteiger partial charge in [0.1, 0.15) is 18.3 Å². The second-order valence-electron chi connectivity index (χ2n) is 5.51. The van der Waals surface area contributed by atoms with Crippen molar-refractivity contribution in [3.63, 3.8) is 0 Å². The number of piperidine rings is 1. The molecule has 1 aliphatic heterocycles. The molecule has 9 heteroatoms. The molecule has 0 amide bonds. The van der Waals surface area contributed by atoms with Gasteiger partial charge in [-0.1, -0.05) is 0 Å². The summed E-state index contributed by atoms with van der Waals surface area (Å²) in [6, 6.07) is 1.69. The molecule has 2 aromatic rings. The minimum atomic E-state index is -3.54. The highest BCUT2D eigenvalue weighted by Crippen LogP contribution is 2.22. The normalized spacial score (nSPS) is 17.3. The van der Waals surface area contributed by atoms with Crippen LogP contribution in [0.25, 0.3) is 0 Å². The minimum Gasteiger partial charge on any atom is -0.474 e. The Morgan fingerprint density at radius 3 is 2.61 bits per heavy atom. The van der Waals surface area contributed by atoms with Gasteiger partial charge in [-0.05, 0) is 19.8 Å².